The first-order chi connectivity index (χ1) is 9.74. The molecule has 0 atom stereocenters. The number of nitrogens with zero attached hydrogens (tertiary/aromatic N) is 4. The lowest BCUT2D eigenvalue weighted by atomic mass is 10.2. The van der Waals surface area contributed by atoms with Crippen molar-refractivity contribution in [1.82, 2.24) is 19.5 Å². The summed E-state index contributed by atoms with van der Waals surface area (Å²) in [4.78, 5) is 13.9. The van der Waals surface area contributed by atoms with Gasteiger partial charge in [0.1, 0.15) is 23.3 Å². The Balaban J connectivity index is 2.12. The van der Waals surface area contributed by atoms with Gasteiger partial charge in [-0.05, 0) is 26.7 Å². The summed E-state index contributed by atoms with van der Waals surface area (Å²) in [6, 6.07) is 0. The summed E-state index contributed by atoms with van der Waals surface area (Å²) in [5.41, 5.74) is 1.09. The third-order valence-electron chi connectivity index (χ3n) is 3.69. The van der Waals surface area contributed by atoms with Crippen molar-refractivity contribution in [3.8, 4) is 5.82 Å². The highest BCUT2D eigenvalue weighted by Crippen LogP contribution is 2.39. The molecule has 0 amide bonds. The van der Waals surface area contributed by atoms with E-state index >= 15 is 0 Å². The molecule has 0 bridgehead atoms. The van der Waals surface area contributed by atoms with E-state index in [2.05, 4.69) is 35.6 Å². The zero-order chi connectivity index (χ0) is 14.1. The summed E-state index contributed by atoms with van der Waals surface area (Å²) in [6.07, 6.45) is 7.13. The second-order valence-corrected chi connectivity index (χ2v) is 5.25. The van der Waals surface area contributed by atoms with Crippen LogP contribution in [0, 0.1) is 6.92 Å². The van der Waals surface area contributed by atoms with Crippen LogP contribution in [0.2, 0.25) is 0 Å². The highest BCUT2D eigenvalue weighted by Gasteiger charge is 2.28. The van der Waals surface area contributed by atoms with Crippen molar-refractivity contribution in [2.75, 3.05) is 11.9 Å². The standard InChI is InChI=1S/C15H21N5/c1-4-12-17-8-9-20(12)15-10(3)13(16-5-2)18-14(19-15)11-6-7-11/h8-9,11H,4-7H2,1-3H3,(H,16,18,19). The minimum atomic E-state index is 0.542. The van der Waals surface area contributed by atoms with E-state index in [1.165, 1.54) is 12.8 Å². The van der Waals surface area contributed by atoms with Crippen LogP contribution in [0.4, 0.5) is 5.82 Å². The number of aryl methyl sites for hydroxylation is 1. The molecule has 1 fully saturated rings. The lowest BCUT2D eigenvalue weighted by Gasteiger charge is -2.15. The Labute approximate surface area is 119 Å². The van der Waals surface area contributed by atoms with Crippen LogP contribution in [0.25, 0.3) is 5.82 Å². The van der Waals surface area contributed by atoms with Crippen LogP contribution in [-0.2, 0) is 6.42 Å². The van der Waals surface area contributed by atoms with Gasteiger partial charge in [0.15, 0.2) is 0 Å². The molecule has 0 saturated heterocycles. The van der Waals surface area contributed by atoms with Gasteiger partial charge in [0.05, 0.1) is 0 Å². The van der Waals surface area contributed by atoms with Crippen LogP contribution in [-0.4, -0.2) is 26.1 Å². The minimum Gasteiger partial charge on any atom is -0.370 e. The lowest BCUT2D eigenvalue weighted by Crippen LogP contribution is -2.12. The van der Waals surface area contributed by atoms with Gasteiger partial charge in [-0.3, -0.25) is 4.57 Å². The number of nitrogens with one attached hydrogen (secondary N) is 1. The van der Waals surface area contributed by atoms with E-state index in [9.17, 15) is 0 Å². The Hall–Kier alpha value is -1.91. The molecule has 2 aromatic rings. The molecule has 5 nitrogen and oxygen atoms in total. The van der Waals surface area contributed by atoms with Gasteiger partial charge in [-0.2, -0.15) is 0 Å². The molecule has 2 aromatic heterocycles. The zero-order valence-corrected chi connectivity index (χ0v) is 12.3. The van der Waals surface area contributed by atoms with Gasteiger partial charge in [0, 0.05) is 36.8 Å². The van der Waals surface area contributed by atoms with Crippen molar-refractivity contribution in [2.45, 2.75) is 46.0 Å². The predicted octanol–water partition coefficient (Wildman–Crippen LogP) is 2.84. The second-order valence-electron chi connectivity index (χ2n) is 5.25. The SMILES string of the molecule is CCNc1nc(C2CC2)nc(-n2ccnc2CC)c1C. The fourth-order valence-electron chi connectivity index (χ4n) is 2.41. The maximum atomic E-state index is 4.80. The number of rotatable bonds is 5. The molecule has 1 N–H and O–H groups in total. The molecular weight excluding hydrogens is 250 g/mol. The van der Waals surface area contributed by atoms with E-state index in [4.69, 9.17) is 9.97 Å². The number of anilines is 1. The smallest absolute Gasteiger partial charge is 0.146 e. The van der Waals surface area contributed by atoms with Crippen molar-refractivity contribution in [1.29, 1.82) is 0 Å². The fraction of sp³-hybridized carbons (Fsp3) is 0.533. The molecule has 3 rings (SSSR count). The van der Waals surface area contributed by atoms with Gasteiger partial charge in [0.2, 0.25) is 0 Å². The first-order valence-corrected chi connectivity index (χ1v) is 7.39. The fourth-order valence-corrected chi connectivity index (χ4v) is 2.41. The van der Waals surface area contributed by atoms with E-state index < -0.39 is 0 Å². The molecule has 0 unspecified atom stereocenters. The molecule has 2 heterocycles. The van der Waals surface area contributed by atoms with Crippen LogP contribution in [0.15, 0.2) is 12.4 Å². The molecule has 0 radical (unpaired) electrons. The number of hydrogen-bond acceptors (Lipinski definition) is 4. The molecule has 1 aliphatic carbocycles. The Bertz CT molecular complexity index is 613. The Kier molecular flexibility index (Phi) is 3.42. The highest BCUT2D eigenvalue weighted by molar-refractivity contribution is 5.52. The largest absolute Gasteiger partial charge is 0.370 e. The summed E-state index contributed by atoms with van der Waals surface area (Å²) in [5, 5.41) is 3.35. The quantitative estimate of drug-likeness (QED) is 0.908. The van der Waals surface area contributed by atoms with Gasteiger partial charge in [-0.15, -0.1) is 0 Å². The number of aromatic nitrogens is 4. The van der Waals surface area contributed by atoms with Crippen LogP contribution >= 0.6 is 0 Å². The third-order valence-corrected chi connectivity index (χ3v) is 3.69. The van der Waals surface area contributed by atoms with Crippen molar-refractivity contribution in [3.05, 3.63) is 29.6 Å². The van der Waals surface area contributed by atoms with E-state index in [-0.39, 0.29) is 0 Å². The monoisotopic (exact) mass is 271 g/mol. The van der Waals surface area contributed by atoms with Crippen LogP contribution in [0.3, 0.4) is 0 Å². The van der Waals surface area contributed by atoms with E-state index in [1.54, 1.807) is 0 Å². The zero-order valence-electron chi connectivity index (χ0n) is 12.3. The maximum Gasteiger partial charge on any atom is 0.146 e. The molecule has 1 aliphatic rings. The summed E-state index contributed by atoms with van der Waals surface area (Å²) in [5.74, 6) is 4.47. The van der Waals surface area contributed by atoms with E-state index in [0.717, 1.165) is 41.8 Å². The van der Waals surface area contributed by atoms with Crippen LogP contribution in [0.1, 0.15) is 49.8 Å². The second kappa shape index (κ2) is 5.23. The molecule has 0 aliphatic heterocycles. The number of imidazole rings is 1. The van der Waals surface area contributed by atoms with Crippen molar-refractivity contribution >= 4 is 5.82 Å². The predicted molar refractivity (Wildman–Crippen MR) is 79.4 cm³/mol. The van der Waals surface area contributed by atoms with Gasteiger partial charge >= 0.3 is 0 Å². The first-order valence-electron chi connectivity index (χ1n) is 7.39. The van der Waals surface area contributed by atoms with Crippen molar-refractivity contribution < 1.29 is 0 Å². The summed E-state index contributed by atoms with van der Waals surface area (Å²) in [7, 11) is 0. The molecule has 20 heavy (non-hydrogen) atoms. The minimum absolute atomic E-state index is 0.542. The van der Waals surface area contributed by atoms with Gasteiger partial charge in [0.25, 0.3) is 0 Å². The van der Waals surface area contributed by atoms with Gasteiger partial charge in [-0.1, -0.05) is 6.92 Å². The number of hydrogen-bond donors (Lipinski definition) is 1. The molecule has 5 heteroatoms. The molecule has 1 saturated carbocycles. The molecule has 106 valence electrons. The first kappa shape index (κ1) is 13.1. The molecular formula is C15H21N5. The third kappa shape index (κ3) is 2.28. The summed E-state index contributed by atoms with van der Waals surface area (Å²) >= 11 is 0. The van der Waals surface area contributed by atoms with E-state index in [1.807, 2.05) is 12.4 Å². The summed E-state index contributed by atoms with van der Waals surface area (Å²) < 4.78 is 2.09. The van der Waals surface area contributed by atoms with Crippen molar-refractivity contribution in [3.63, 3.8) is 0 Å². The normalized spacial score (nSPS) is 14.6. The van der Waals surface area contributed by atoms with Crippen LogP contribution < -0.4 is 5.32 Å². The highest BCUT2D eigenvalue weighted by atomic mass is 15.2. The molecule has 0 aromatic carbocycles. The van der Waals surface area contributed by atoms with Crippen LogP contribution in [0.5, 0.6) is 0 Å². The Morgan fingerprint density at radius 2 is 2.10 bits per heavy atom. The lowest BCUT2D eigenvalue weighted by molar-refractivity contribution is 0.822. The average Bonchev–Trinajstić information content (AvgIpc) is 3.19. The van der Waals surface area contributed by atoms with Crippen molar-refractivity contribution in [2.24, 2.45) is 0 Å². The Morgan fingerprint density at radius 1 is 1.30 bits per heavy atom. The van der Waals surface area contributed by atoms with Gasteiger partial charge < -0.3 is 5.32 Å². The topological polar surface area (TPSA) is 55.6 Å². The summed E-state index contributed by atoms with van der Waals surface area (Å²) in [6.45, 7) is 7.14. The van der Waals surface area contributed by atoms with E-state index in [0.29, 0.717) is 5.92 Å². The van der Waals surface area contributed by atoms with Gasteiger partial charge in [-0.25, -0.2) is 15.0 Å². The Morgan fingerprint density at radius 3 is 2.75 bits per heavy atom. The molecule has 0 spiro atoms. The average molecular weight is 271 g/mol. The maximum absolute atomic E-state index is 4.80.